The third kappa shape index (κ3) is 4.38. The predicted octanol–water partition coefficient (Wildman–Crippen LogP) is 5.38. The molecule has 2 aromatic carbocycles. The van der Waals surface area contributed by atoms with Crippen LogP contribution in [-0.2, 0) is 4.79 Å². The van der Waals surface area contributed by atoms with Crippen molar-refractivity contribution in [3.63, 3.8) is 0 Å². The van der Waals surface area contributed by atoms with Gasteiger partial charge in [0.2, 0.25) is 0 Å². The maximum atomic E-state index is 12.5. The molecule has 3 rings (SSSR count). The molecule has 1 N–H and O–H groups in total. The van der Waals surface area contributed by atoms with Crippen LogP contribution in [0.25, 0.3) is 6.08 Å². The van der Waals surface area contributed by atoms with Crippen LogP contribution in [0.15, 0.2) is 45.8 Å². The molecule has 0 spiro atoms. The first-order valence-corrected chi connectivity index (χ1v) is 9.85. The smallest absolute Gasteiger partial charge is 0.293 e. The van der Waals surface area contributed by atoms with Crippen molar-refractivity contribution < 1.29 is 19.5 Å². The number of carbonyl (C=O) groups excluding carboxylic acids is 3. The Hall–Kier alpha value is -1.80. The second-order valence-electron chi connectivity index (χ2n) is 5.53. The highest BCUT2D eigenvalue weighted by Gasteiger charge is 2.36. The maximum Gasteiger partial charge on any atom is 0.293 e. The van der Waals surface area contributed by atoms with Gasteiger partial charge >= 0.3 is 0 Å². The van der Waals surface area contributed by atoms with Crippen LogP contribution in [0.5, 0.6) is 5.75 Å². The normalized spacial score (nSPS) is 15.7. The zero-order chi connectivity index (χ0) is 19.7. The number of aromatic hydroxyl groups is 1. The third-order valence-electron chi connectivity index (χ3n) is 3.68. The van der Waals surface area contributed by atoms with E-state index in [1.807, 2.05) is 0 Å². The summed E-state index contributed by atoms with van der Waals surface area (Å²) >= 11 is 15.7. The number of Topliss-reactive ketones (excluding diaryl/α,β-unsaturated/α-hetero) is 1. The molecule has 0 saturated carbocycles. The molecule has 27 heavy (non-hydrogen) atoms. The summed E-state index contributed by atoms with van der Waals surface area (Å²) in [5.41, 5.74) is 0.853. The molecule has 0 aliphatic carbocycles. The van der Waals surface area contributed by atoms with E-state index in [0.717, 1.165) is 21.1 Å². The SMILES string of the molecule is O=C(CN1C(=O)S/C(=C\c2cc(Cl)c(O)c(Cl)c2)C1=O)c1ccc(Br)cc1. The Kier molecular flexibility index (Phi) is 5.95. The Morgan fingerprint density at radius 2 is 1.74 bits per heavy atom. The van der Waals surface area contributed by atoms with Crippen molar-refractivity contribution in [3.05, 3.63) is 66.9 Å². The number of hydrogen-bond donors (Lipinski definition) is 1. The van der Waals surface area contributed by atoms with Crippen LogP contribution in [0.3, 0.4) is 0 Å². The predicted molar refractivity (Wildman–Crippen MR) is 109 cm³/mol. The average molecular weight is 487 g/mol. The zero-order valence-electron chi connectivity index (χ0n) is 13.4. The van der Waals surface area contributed by atoms with E-state index in [4.69, 9.17) is 23.2 Å². The topological polar surface area (TPSA) is 74.7 Å². The Balaban J connectivity index is 1.80. The second kappa shape index (κ2) is 8.06. The number of halogens is 3. The molecule has 5 nitrogen and oxygen atoms in total. The summed E-state index contributed by atoms with van der Waals surface area (Å²) in [6, 6.07) is 9.48. The molecule has 1 saturated heterocycles. The van der Waals surface area contributed by atoms with Gasteiger partial charge in [0.05, 0.1) is 21.5 Å². The first kappa shape index (κ1) is 19.9. The third-order valence-corrected chi connectivity index (χ3v) is 5.69. The molecule has 1 fully saturated rings. The lowest BCUT2D eigenvalue weighted by molar-refractivity contribution is -0.122. The quantitative estimate of drug-likeness (QED) is 0.463. The van der Waals surface area contributed by atoms with Gasteiger partial charge in [-0.05, 0) is 47.7 Å². The van der Waals surface area contributed by atoms with Crippen molar-refractivity contribution in [2.24, 2.45) is 0 Å². The Morgan fingerprint density at radius 3 is 2.33 bits per heavy atom. The highest BCUT2D eigenvalue weighted by Crippen LogP contribution is 2.36. The largest absolute Gasteiger partial charge is 0.505 e. The number of carbonyl (C=O) groups is 3. The summed E-state index contributed by atoms with van der Waals surface area (Å²) in [6.45, 7) is -0.346. The van der Waals surface area contributed by atoms with Crippen molar-refractivity contribution in [1.82, 2.24) is 4.90 Å². The molecule has 0 radical (unpaired) electrons. The fourth-order valence-corrected chi connectivity index (χ4v) is 3.93. The number of benzene rings is 2. The number of thioether (sulfide) groups is 1. The molecule has 1 aliphatic rings. The lowest BCUT2D eigenvalue weighted by Gasteiger charge is -2.11. The minimum absolute atomic E-state index is 0.0263. The van der Waals surface area contributed by atoms with E-state index in [2.05, 4.69) is 15.9 Å². The Morgan fingerprint density at radius 1 is 1.15 bits per heavy atom. The maximum absolute atomic E-state index is 12.5. The number of phenolic OH excluding ortho intramolecular Hbond substituents is 1. The van der Waals surface area contributed by atoms with E-state index in [9.17, 15) is 19.5 Å². The van der Waals surface area contributed by atoms with E-state index in [1.54, 1.807) is 24.3 Å². The first-order chi connectivity index (χ1) is 12.8. The molecule has 2 amide bonds. The van der Waals surface area contributed by atoms with Crippen molar-refractivity contribution in [3.8, 4) is 5.75 Å². The Bertz CT molecular complexity index is 968. The molecule has 0 atom stereocenters. The molecule has 9 heteroatoms. The van der Waals surface area contributed by atoms with Gasteiger partial charge in [-0.2, -0.15) is 0 Å². The summed E-state index contributed by atoms with van der Waals surface area (Å²) in [7, 11) is 0. The fourth-order valence-electron chi connectivity index (χ4n) is 2.33. The molecule has 0 aromatic heterocycles. The van der Waals surface area contributed by atoms with Crippen LogP contribution in [0, 0.1) is 0 Å². The van der Waals surface area contributed by atoms with Gasteiger partial charge in [0.25, 0.3) is 11.1 Å². The first-order valence-electron chi connectivity index (χ1n) is 7.48. The number of imide groups is 1. The van der Waals surface area contributed by atoms with Crippen molar-refractivity contribution in [2.75, 3.05) is 6.54 Å². The number of ketones is 1. The van der Waals surface area contributed by atoms with Gasteiger partial charge in [-0.1, -0.05) is 51.3 Å². The second-order valence-corrected chi connectivity index (χ2v) is 8.25. The lowest BCUT2D eigenvalue weighted by atomic mass is 10.1. The van der Waals surface area contributed by atoms with Crippen molar-refractivity contribution in [1.29, 1.82) is 0 Å². The van der Waals surface area contributed by atoms with Gasteiger partial charge < -0.3 is 5.11 Å². The van der Waals surface area contributed by atoms with Gasteiger partial charge in [0, 0.05) is 10.0 Å². The Labute approximate surface area is 177 Å². The molecular weight excluding hydrogens is 477 g/mol. The van der Waals surface area contributed by atoms with Crippen LogP contribution < -0.4 is 0 Å². The minimum Gasteiger partial charge on any atom is -0.505 e. The van der Waals surface area contributed by atoms with E-state index in [0.29, 0.717) is 11.1 Å². The van der Waals surface area contributed by atoms with Crippen LogP contribution in [0.2, 0.25) is 10.0 Å². The number of hydrogen-bond acceptors (Lipinski definition) is 5. The zero-order valence-corrected chi connectivity index (χ0v) is 17.3. The number of nitrogens with zero attached hydrogens (tertiary/aromatic N) is 1. The summed E-state index contributed by atoms with van der Waals surface area (Å²) in [6.07, 6.45) is 1.44. The van der Waals surface area contributed by atoms with Gasteiger partial charge in [-0.25, -0.2) is 0 Å². The molecule has 0 bridgehead atoms. The number of rotatable bonds is 4. The molecule has 2 aromatic rings. The van der Waals surface area contributed by atoms with Crippen molar-refractivity contribution in [2.45, 2.75) is 0 Å². The molecule has 0 unspecified atom stereocenters. The van der Waals surface area contributed by atoms with Gasteiger partial charge in [-0.3, -0.25) is 19.3 Å². The highest BCUT2D eigenvalue weighted by atomic mass is 79.9. The minimum atomic E-state index is -0.573. The molecule has 1 heterocycles. The molecule has 1 aliphatic heterocycles. The number of amides is 2. The molecule has 138 valence electrons. The van der Waals surface area contributed by atoms with E-state index < -0.39 is 11.1 Å². The van der Waals surface area contributed by atoms with Gasteiger partial charge in [0.15, 0.2) is 11.5 Å². The van der Waals surface area contributed by atoms with E-state index in [-0.39, 0.29) is 33.0 Å². The van der Waals surface area contributed by atoms with Crippen LogP contribution in [0.4, 0.5) is 4.79 Å². The average Bonchev–Trinajstić information content (AvgIpc) is 2.87. The highest BCUT2D eigenvalue weighted by molar-refractivity contribution is 9.10. The molecular formula is C18H10BrCl2NO4S. The monoisotopic (exact) mass is 485 g/mol. The summed E-state index contributed by atoms with van der Waals surface area (Å²) < 4.78 is 0.819. The summed E-state index contributed by atoms with van der Waals surface area (Å²) in [5.74, 6) is -1.18. The van der Waals surface area contributed by atoms with Crippen molar-refractivity contribution >= 4 is 73.9 Å². The van der Waals surface area contributed by atoms with Crippen LogP contribution >= 0.6 is 50.9 Å². The van der Waals surface area contributed by atoms with Gasteiger partial charge in [0.1, 0.15) is 0 Å². The van der Waals surface area contributed by atoms with E-state index >= 15 is 0 Å². The van der Waals surface area contributed by atoms with Crippen LogP contribution in [-0.4, -0.2) is 33.5 Å². The standard InChI is InChI=1S/C18H10BrCl2NO4S/c19-11-3-1-10(2-4-11)14(23)8-22-17(25)15(27-18(22)26)7-9-5-12(20)16(24)13(21)6-9/h1-7,24H,8H2/b15-7-. The van der Waals surface area contributed by atoms with Gasteiger partial charge in [-0.15, -0.1) is 0 Å². The number of phenols is 1. The summed E-state index contributed by atoms with van der Waals surface area (Å²) in [4.78, 5) is 38.1. The lowest BCUT2D eigenvalue weighted by Crippen LogP contribution is -2.33. The summed E-state index contributed by atoms with van der Waals surface area (Å²) in [5, 5.41) is 9.11. The van der Waals surface area contributed by atoms with Crippen LogP contribution in [0.1, 0.15) is 15.9 Å². The van der Waals surface area contributed by atoms with E-state index in [1.165, 1.54) is 18.2 Å². The fraction of sp³-hybridized carbons (Fsp3) is 0.0556.